The van der Waals surface area contributed by atoms with Crippen LogP contribution in [0.3, 0.4) is 0 Å². The number of hydrogen-bond donors (Lipinski definition) is 1. The monoisotopic (exact) mass is 383 g/mol. The Morgan fingerprint density at radius 3 is 2.54 bits per heavy atom. The van der Waals surface area contributed by atoms with E-state index in [0.717, 1.165) is 12.8 Å². The van der Waals surface area contributed by atoms with Gasteiger partial charge in [0.15, 0.2) is 11.5 Å². The van der Waals surface area contributed by atoms with Gasteiger partial charge in [-0.1, -0.05) is 12.1 Å². The molecule has 1 saturated heterocycles. The topological polar surface area (TPSA) is 88.2 Å². The maximum atomic E-state index is 12.3. The lowest BCUT2D eigenvalue weighted by Crippen LogP contribution is -2.48. The predicted molar refractivity (Wildman–Crippen MR) is 96.3 cm³/mol. The first kappa shape index (κ1) is 18.9. The Hall–Kier alpha value is -1.84. The van der Waals surface area contributed by atoms with E-state index in [4.69, 9.17) is 9.47 Å². The number of carbonyl (C=O) groups is 1. The van der Waals surface area contributed by atoms with Crippen molar-refractivity contribution in [2.75, 3.05) is 40.3 Å². The summed E-state index contributed by atoms with van der Waals surface area (Å²) in [6.07, 6.45) is 0.773. The molecule has 0 spiro atoms. The lowest BCUT2D eigenvalue weighted by molar-refractivity contribution is -0.130. The van der Waals surface area contributed by atoms with Gasteiger partial charge in [0, 0.05) is 33.7 Å². The number of nitrogens with one attached hydrogen (secondary N) is 1. The third-order valence-corrected chi connectivity index (χ3v) is 6.67. The summed E-state index contributed by atoms with van der Waals surface area (Å²) >= 11 is 0. The molecule has 26 heavy (non-hydrogen) atoms. The van der Waals surface area contributed by atoms with Gasteiger partial charge >= 0.3 is 0 Å². The van der Waals surface area contributed by atoms with Crippen molar-refractivity contribution >= 4 is 16.1 Å². The molecular weight excluding hydrogens is 358 g/mol. The highest BCUT2D eigenvalue weighted by atomic mass is 32.2. The lowest BCUT2D eigenvalue weighted by atomic mass is 9.98. The van der Waals surface area contributed by atoms with E-state index >= 15 is 0 Å². The van der Waals surface area contributed by atoms with Crippen molar-refractivity contribution in [2.45, 2.75) is 18.9 Å². The molecule has 0 radical (unpaired) electrons. The summed E-state index contributed by atoms with van der Waals surface area (Å²) in [6, 6.07) is 7.26. The highest BCUT2D eigenvalue weighted by Gasteiger charge is 2.31. The number of fused-ring (bicyclic) bond motifs is 1. The van der Waals surface area contributed by atoms with Gasteiger partial charge in [0.1, 0.15) is 6.61 Å². The van der Waals surface area contributed by atoms with Gasteiger partial charge in [-0.3, -0.25) is 4.79 Å². The molecule has 1 N–H and O–H groups in total. The molecule has 8 nitrogen and oxygen atoms in total. The maximum absolute atomic E-state index is 12.3. The number of para-hydroxylation sites is 2. The average molecular weight is 383 g/mol. The molecule has 0 unspecified atom stereocenters. The first-order valence-corrected chi connectivity index (χ1v) is 10.1. The Bertz CT molecular complexity index is 745. The van der Waals surface area contributed by atoms with E-state index in [1.54, 1.807) is 12.1 Å². The van der Waals surface area contributed by atoms with E-state index < -0.39 is 16.3 Å². The molecule has 1 amide bonds. The third kappa shape index (κ3) is 4.11. The fraction of sp³-hybridized carbons (Fsp3) is 0.588. The minimum Gasteiger partial charge on any atom is -0.485 e. The molecule has 2 aliphatic heterocycles. The molecule has 0 bridgehead atoms. The molecular formula is C17H25N3O5S. The van der Waals surface area contributed by atoms with Crippen LogP contribution in [0.25, 0.3) is 0 Å². The van der Waals surface area contributed by atoms with Crippen LogP contribution in [0.1, 0.15) is 12.8 Å². The van der Waals surface area contributed by atoms with E-state index in [-0.39, 0.29) is 18.4 Å². The SMILES string of the molecule is CN(C)S(=O)(=O)N1CCC(CNC(=O)[C@H]2COc3ccccc3O2)CC1. The first-order chi connectivity index (χ1) is 12.4. The summed E-state index contributed by atoms with van der Waals surface area (Å²) in [5.74, 6) is 1.26. The van der Waals surface area contributed by atoms with Gasteiger partial charge in [-0.05, 0) is 30.9 Å². The van der Waals surface area contributed by atoms with Crippen LogP contribution in [0.2, 0.25) is 0 Å². The highest BCUT2D eigenvalue weighted by molar-refractivity contribution is 7.86. The van der Waals surface area contributed by atoms with Crippen LogP contribution in [0.15, 0.2) is 24.3 Å². The van der Waals surface area contributed by atoms with Crippen LogP contribution in [0.4, 0.5) is 0 Å². The van der Waals surface area contributed by atoms with Gasteiger partial charge in [0.25, 0.3) is 16.1 Å². The second-order valence-corrected chi connectivity index (χ2v) is 8.88. The summed E-state index contributed by atoms with van der Waals surface area (Å²) < 4.78 is 38.2. The average Bonchev–Trinajstić information content (AvgIpc) is 2.66. The summed E-state index contributed by atoms with van der Waals surface area (Å²) in [5.41, 5.74) is 0. The number of piperidine rings is 1. The summed E-state index contributed by atoms with van der Waals surface area (Å²) in [7, 11) is -0.290. The van der Waals surface area contributed by atoms with E-state index in [2.05, 4.69) is 5.32 Å². The van der Waals surface area contributed by atoms with Crippen LogP contribution in [-0.4, -0.2) is 69.4 Å². The Labute approximate surface area is 154 Å². The second kappa shape index (κ2) is 7.81. The molecule has 9 heteroatoms. The molecule has 0 saturated carbocycles. The van der Waals surface area contributed by atoms with Gasteiger partial charge in [0.2, 0.25) is 6.10 Å². The normalized spacial score (nSPS) is 21.6. The standard InChI is InChI=1S/C17H25N3O5S/c1-19(2)26(22,23)20-9-7-13(8-10-20)11-18-17(21)16-12-24-14-5-3-4-6-15(14)25-16/h3-6,13,16H,7-12H2,1-2H3,(H,18,21)/t16-/m1/s1. The molecule has 1 aromatic carbocycles. The molecule has 2 aliphatic rings. The van der Waals surface area contributed by atoms with Crippen molar-refractivity contribution in [1.29, 1.82) is 0 Å². The Morgan fingerprint density at radius 1 is 1.23 bits per heavy atom. The van der Waals surface area contributed by atoms with Crippen molar-refractivity contribution in [3.8, 4) is 11.5 Å². The molecule has 144 valence electrons. The van der Waals surface area contributed by atoms with Gasteiger partial charge in [-0.25, -0.2) is 0 Å². The molecule has 1 fully saturated rings. The van der Waals surface area contributed by atoms with Crippen molar-refractivity contribution in [3.05, 3.63) is 24.3 Å². The van der Waals surface area contributed by atoms with E-state index in [1.807, 2.05) is 12.1 Å². The molecule has 1 aromatic rings. The van der Waals surface area contributed by atoms with Gasteiger partial charge in [0.05, 0.1) is 0 Å². The first-order valence-electron chi connectivity index (χ1n) is 8.71. The van der Waals surface area contributed by atoms with Crippen molar-refractivity contribution in [1.82, 2.24) is 13.9 Å². The van der Waals surface area contributed by atoms with Gasteiger partial charge in [-0.2, -0.15) is 17.0 Å². The van der Waals surface area contributed by atoms with Crippen LogP contribution in [0, 0.1) is 5.92 Å². The van der Waals surface area contributed by atoms with E-state index in [1.165, 1.54) is 22.7 Å². The zero-order chi connectivity index (χ0) is 18.7. The van der Waals surface area contributed by atoms with Crippen LogP contribution >= 0.6 is 0 Å². The number of hydrogen-bond acceptors (Lipinski definition) is 5. The lowest BCUT2D eigenvalue weighted by Gasteiger charge is -2.33. The fourth-order valence-electron chi connectivity index (χ4n) is 3.08. The maximum Gasteiger partial charge on any atom is 0.281 e. The zero-order valence-electron chi connectivity index (χ0n) is 15.1. The van der Waals surface area contributed by atoms with Gasteiger partial charge in [-0.15, -0.1) is 0 Å². The van der Waals surface area contributed by atoms with Crippen molar-refractivity contribution in [3.63, 3.8) is 0 Å². The summed E-state index contributed by atoms with van der Waals surface area (Å²) in [5, 5.41) is 2.91. The van der Waals surface area contributed by atoms with Crippen LogP contribution in [-0.2, 0) is 15.0 Å². The van der Waals surface area contributed by atoms with Crippen LogP contribution in [0.5, 0.6) is 11.5 Å². The number of amides is 1. The van der Waals surface area contributed by atoms with Crippen molar-refractivity contribution in [2.24, 2.45) is 5.92 Å². The Morgan fingerprint density at radius 2 is 1.88 bits per heavy atom. The van der Waals surface area contributed by atoms with Crippen LogP contribution < -0.4 is 14.8 Å². The van der Waals surface area contributed by atoms with Gasteiger partial charge < -0.3 is 14.8 Å². The molecule has 3 rings (SSSR count). The number of ether oxygens (including phenoxy) is 2. The van der Waals surface area contributed by atoms with E-state index in [9.17, 15) is 13.2 Å². The number of rotatable bonds is 5. The summed E-state index contributed by atoms with van der Waals surface area (Å²) in [6.45, 7) is 1.63. The quantitative estimate of drug-likeness (QED) is 0.798. The number of carbonyl (C=O) groups excluding carboxylic acids is 1. The fourth-order valence-corrected chi connectivity index (χ4v) is 4.22. The minimum absolute atomic E-state index is 0.183. The van der Waals surface area contributed by atoms with Crippen molar-refractivity contribution < 1.29 is 22.7 Å². The Kier molecular flexibility index (Phi) is 5.69. The Balaban J connectivity index is 1.45. The second-order valence-electron chi connectivity index (χ2n) is 6.74. The highest BCUT2D eigenvalue weighted by Crippen LogP contribution is 2.30. The molecule has 2 heterocycles. The molecule has 0 aliphatic carbocycles. The number of benzene rings is 1. The molecule has 0 aromatic heterocycles. The third-order valence-electron chi connectivity index (χ3n) is 4.73. The molecule has 1 atom stereocenters. The largest absolute Gasteiger partial charge is 0.485 e. The minimum atomic E-state index is -3.36. The number of nitrogens with zero attached hydrogens (tertiary/aromatic N) is 2. The van der Waals surface area contributed by atoms with E-state index in [0.29, 0.717) is 31.1 Å². The summed E-state index contributed by atoms with van der Waals surface area (Å²) in [4.78, 5) is 12.3. The predicted octanol–water partition coefficient (Wildman–Crippen LogP) is 0.461. The smallest absolute Gasteiger partial charge is 0.281 e. The zero-order valence-corrected chi connectivity index (χ0v) is 15.9.